The van der Waals surface area contributed by atoms with Crippen LogP contribution in [0.5, 0.6) is 5.88 Å². The molecule has 0 bridgehead atoms. The van der Waals surface area contributed by atoms with Gasteiger partial charge in [-0.2, -0.15) is 4.98 Å². The van der Waals surface area contributed by atoms with E-state index in [2.05, 4.69) is 25.3 Å². The van der Waals surface area contributed by atoms with Gasteiger partial charge in [0.25, 0.3) is 6.43 Å². The second-order valence-corrected chi connectivity index (χ2v) is 8.78. The van der Waals surface area contributed by atoms with E-state index in [4.69, 9.17) is 4.74 Å². The Morgan fingerprint density at radius 2 is 1.97 bits per heavy atom. The Bertz CT molecular complexity index is 1330. The Morgan fingerprint density at radius 3 is 2.69 bits per heavy atom. The summed E-state index contributed by atoms with van der Waals surface area (Å²) in [5.74, 6) is 1.42. The van der Waals surface area contributed by atoms with Crippen molar-refractivity contribution >= 4 is 22.5 Å². The third-order valence-electron chi connectivity index (χ3n) is 6.56. The number of imidazole rings is 1. The van der Waals surface area contributed by atoms with Crippen LogP contribution in [0.2, 0.25) is 0 Å². The van der Waals surface area contributed by atoms with Crippen molar-refractivity contribution in [3.63, 3.8) is 0 Å². The molecule has 1 fully saturated rings. The molecular formula is C24H28F3N7O. The van der Waals surface area contributed by atoms with E-state index in [0.29, 0.717) is 40.7 Å². The number of benzene rings is 1. The highest BCUT2D eigenvalue weighted by atomic mass is 19.3. The summed E-state index contributed by atoms with van der Waals surface area (Å²) in [6.45, 7) is 3.13. The number of halogens is 3. The van der Waals surface area contributed by atoms with Crippen LogP contribution in [0, 0.1) is 6.92 Å². The molecule has 186 valence electrons. The van der Waals surface area contributed by atoms with Crippen molar-refractivity contribution in [1.82, 2.24) is 29.0 Å². The molecule has 3 aromatic heterocycles. The summed E-state index contributed by atoms with van der Waals surface area (Å²) in [5.41, 5.74) is 3.67. The van der Waals surface area contributed by atoms with Crippen LogP contribution in [0.3, 0.4) is 0 Å². The van der Waals surface area contributed by atoms with Crippen molar-refractivity contribution in [2.24, 2.45) is 0 Å². The van der Waals surface area contributed by atoms with E-state index in [1.165, 1.54) is 4.57 Å². The SMILES string of the molecule is COc1nc(NC2CCN(CCF)CC2)nn2ccc(-c3ccc4nc(C)n(CC(F)F)c4c3)c12. The normalized spacial score (nSPS) is 15.5. The number of hydrogen-bond donors (Lipinski definition) is 1. The summed E-state index contributed by atoms with van der Waals surface area (Å²) in [6.07, 6.45) is 1.12. The number of piperidine rings is 1. The first-order valence-corrected chi connectivity index (χ1v) is 11.7. The van der Waals surface area contributed by atoms with Crippen LogP contribution in [0.15, 0.2) is 30.5 Å². The lowest BCUT2D eigenvalue weighted by Gasteiger charge is -2.31. The molecule has 35 heavy (non-hydrogen) atoms. The van der Waals surface area contributed by atoms with Gasteiger partial charge in [-0.3, -0.25) is 0 Å². The van der Waals surface area contributed by atoms with E-state index >= 15 is 0 Å². The number of methoxy groups -OCH3 is 1. The molecule has 1 aliphatic heterocycles. The van der Waals surface area contributed by atoms with Crippen LogP contribution in [0.4, 0.5) is 19.1 Å². The highest BCUT2D eigenvalue weighted by Crippen LogP contribution is 2.33. The predicted molar refractivity (Wildman–Crippen MR) is 128 cm³/mol. The van der Waals surface area contributed by atoms with Crippen molar-refractivity contribution in [3.8, 4) is 17.0 Å². The van der Waals surface area contributed by atoms with Crippen LogP contribution in [-0.2, 0) is 6.54 Å². The summed E-state index contributed by atoms with van der Waals surface area (Å²) in [5, 5.41) is 8.01. The van der Waals surface area contributed by atoms with Gasteiger partial charge < -0.3 is 19.5 Å². The monoisotopic (exact) mass is 487 g/mol. The summed E-state index contributed by atoms with van der Waals surface area (Å²) in [6, 6.07) is 7.72. The number of aryl methyl sites for hydroxylation is 1. The van der Waals surface area contributed by atoms with Crippen LogP contribution >= 0.6 is 0 Å². The van der Waals surface area contributed by atoms with Crippen LogP contribution in [0.1, 0.15) is 18.7 Å². The largest absolute Gasteiger partial charge is 0.479 e. The molecule has 4 heterocycles. The first-order valence-electron chi connectivity index (χ1n) is 11.7. The number of aromatic nitrogens is 5. The summed E-state index contributed by atoms with van der Waals surface area (Å²) < 4.78 is 47.7. The molecule has 0 spiro atoms. The number of nitrogens with one attached hydrogen (secondary N) is 1. The van der Waals surface area contributed by atoms with E-state index in [9.17, 15) is 13.2 Å². The fourth-order valence-electron chi connectivity index (χ4n) is 4.81. The molecule has 1 aromatic carbocycles. The zero-order valence-corrected chi connectivity index (χ0v) is 19.7. The molecule has 1 saturated heterocycles. The molecule has 8 nitrogen and oxygen atoms in total. The molecule has 4 aromatic rings. The smallest absolute Gasteiger partial charge is 0.256 e. The summed E-state index contributed by atoms with van der Waals surface area (Å²) in [4.78, 5) is 11.1. The number of likely N-dealkylation sites (tertiary alicyclic amines) is 1. The fourth-order valence-corrected chi connectivity index (χ4v) is 4.81. The highest BCUT2D eigenvalue weighted by Gasteiger charge is 2.22. The van der Waals surface area contributed by atoms with Crippen molar-refractivity contribution in [1.29, 1.82) is 0 Å². The second-order valence-electron chi connectivity index (χ2n) is 8.78. The minimum Gasteiger partial charge on any atom is -0.479 e. The van der Waals surface area contributed by atoms with Crippen molar-refractivity contribution < 1.29 is 17.9 Å². The number of rotatable bonds is 8. The van der Waals surface area contributed by atoms with Gasteiger partial charge in [0.15, 0.2) is 0 Å². The third kappa shape index (κ3) is 4.64. The highest BCUT2D eigenvalue weighted by molar-refractivity contribution is 5.89. The van der Waals surface area contributed by atoms with E-state index in [-0.39, 0.29) is 12.7 Å². The molecule has 1 N–H and O–H groups in total. The molecule has 0 radical (unpaired) electrons. The average molecular weight is 488 g/mol. The fraction of sp³-hybridized carbons (Fsp3) is 0.458. The predicted octanol–water partition coefficient (Wildman–Crippen LogP) is 4.17. The Morgan fingerprint density at radius 1 is 1.17 bits per heavy atom. The maximum Gasteiger partial charge on any atom is 0.256 e. The lowest BCUT2D eigenvalue weighted by molar-refractivity contribution is 0.127. The number of fused-ring (bicyclic) bond motifs is 2. The molecular weight excluding hydrogens is 459 g/mol. The minimum atomic E-state index is -2.47. The lowest BCUT2D eigenvalue weighted by atomic mass is 10.1. The van der Waals surface area contributed by atoms with Gasteiger partial charge in [-0.25, -0.2) is 22.7 Å². The zero-order chi connectivity index (χ0) is 24.5. The number of nitrogens with zero attached hydrogens (tertiary/aromatic N) is 6. The van der Waals surface area contributed by atoms with E-state index in [1.54, 1.807) is 18.5 Å². The number of anilines is 1. The number of alkyl halides is 3. The van der Waals surface area contributed by atoms with Gasteiger partial charge in [-0.05, 0) is 43.5 Å². The van der Waals surface area contributed by atoms with Crippen LogP contribution in [0.25, 0.3) is 27.7 Å². The molecule has 0 unspecified atom stereocenters. The minimum absolute atomic E-state index is 0.198. The van der Waals surface area contributed by atoms with Gasteiger partial charge in [0.05, 0.1) is 24.7 Å². The molecule has 5 rings (SSSR count). The van der Waals surface area contributed by atoms with E-state index in [0.717, 1.165) is 37.1 Å². The molecule has 11 heteroatoms. The zero-order valence-electron chi connectivity index (χ0n) is 19.7. The third-order valence-corrected chi connectivity index (χ3v) is 6.56. The molecule has 0 saturated carbocycles. The van der Waals surface area contributed by atoms with Gasteiger partial charge in [-0.15, -0.1) is 5.10 Å². The standard InChI is InChI=1S/C24H28F3N7O/c1-15-28-19-4-3-16(13-20(19)33(15)14-21(26)27)18-7-11-34-22(18)23(35-2)30-24(31-34)29-17-5-9-32(10-6-17)12-8-25/h3-4,7,11,13,17,21H,5-6,8-10,12,14H2,1-2H3,(H,29,31). The Balaban J connectivity index is 1.46. The average Bonchev–Trinajstić information content (AvgIpc) is 3.40. The topological polar surface area (TPSA) is 72.5 Å². The maximum absolute atomic E-state index is 13.1. The van der Waals surface area contributed by atoms with Crippen molar-refractivity contribution in [3.05, 3.63) is 36.3 Å². The first kappa shape index (κ1) is 23.4. The quantitative estimate of drug-likeness (QED) is 0.402. The number of ether oxygens (including phenoxy) is 1. The summed E-state index contributed by atoms with van der Waals surface area (Å²) >= 11 is 0. The van der Waals surface area contributed by atoms with Gasteiger partial charge in [0.1, 0.15) is 18.0 Å². The lowest BCUT2D eigenvalue weighted by Crippen LogP contribution is -2.40. The van der Waals surface area contributed by atoms with Gasteiger partial charge in [0.2, 0.25) is 11.8 Å². The van der Waals surface area contributed by atoms with E-state index < -0.39 is 13.0 Å². The molecule has 0 atom stereocenters. The van der Waals surface area contributed by atoms with Crippen molar-refractivity contribution in [2.75, 3.05) is 38.7 Å². The van der Waals surface area contributed by atoms with Gasteiger partial charge in [-0.1, -0.05) is 6.07 Å². The molecule has 0 aliphatic carbocycles. The van der Waals surface area contributed by atoms with Crippen molar-refractivity contribution in [2.45, 2.75) is 38.8 Å². The Labute approximate surface area is 200 Å². The van der Waals surface area contributed by atoms with Crippen LogP contribution < -0.4 is 10.1 Å². The molecule has 1 aliphatic rings. The Kier molecular flexibility index (Phi) is 6.50. The number of hydrogen-bond acceptors (Lipinski definition) is 6. The second kappa shape index (κ2) is 9.73. The van der Waals surface area contributed by atoms with Gasteiger partial charge >= 0.3 is 0 Å². The maximum atomic E-state index is 13.1. The van der Waals surface area contributed by atoms with E-state index in [1.807, 2.05) is 30.5 Å². The Hall–Kier alpha value is -3.34. The molecule has 0 amide bonds. The van der Waals surface area contributed by atoms with Gasteiger partial charge in [0, 0.05) is 37.4 Å². The summed E-state index contributed by atoms with van der Waals surface area (Å²) in [7, 11) is 1.56. The first-order chi connectivity index (χ1) is 17.0. The van der Waals surface area contributed by atoms with Crippen LogP contribution in [-0.4, -0.2) is 74.9 Å².